The summed E-state index contributed by atoms with van der Waals surface area (Å²) in [4.78, 5) is 23.3. The largest absolute Gasteiger partial charge is 0.490 e. The monoisotopic (exact) mass is 350 g/mol. The average molecular weight is 351 g/mol. The highest BCUT2D eigenvalue weighted by atomic mass is 35.5. The number of para-hydroxylation sites is 1. The lowest BCUT2D eigenvalue weighted by atomic mass is 10.1. The van der Waals surface area contributed by atoms with Crippen LogP contribution in [0, 0.1) is 5.82 Å². The molecule has 0 atom stereocenters. The summed E-state index contributed by atoms with van der Waals surface area (Å²) in [5, 5.41) is 0.585. The number of benzene rings is 2. The minimum absolute atomic E-state index is 0.000177. The van der Waals surface area contributed by atoms with Crippen LogP contribution in [0.1, 0.15) is 12.0 Å². The lowest BCUT2D eigenvalue weighted by Crippen LogP contribution is -2.42. The predicted octanol–water partition coefficient (Wildman–Crippen LogP) is 2.64. The second-order valence-corrected chi connectivity index (χ2v) is 5.36. The molecular formula is C17H16ClFN2O3. The third-order valence-corrected chi connectivity index (χ3v) is 3.29. The lowest BCUT2D eigenvalue weighted by Gasteiger charge is -2.09. The molecule has 0 bridgehead atoms. The molecule has 2 aromatic carbocycles. The van der Waals surface area contributed by atoms with E-state index in [1.807, 2.05) is 0 Å². The van der Waals surface area contributed by atoms with Gasteiger partial charge >= 0.3 is 0 Å². The highest BCUT2D eigenvalue weighted by Gasteiger charge is 2.07. The van der Waals surface area contributed by atoms with E-state index in [1.165, 1.54) is 12.1 Å². The van der Waals surface area contributed by atoms with Gasteiger partial charge in [-0.3, -0.25) is 20.4 Å². The van der Waals surface area contributed by atoms with Crippen LogP contribution in [-0.4, -0.2) is 18.4 Å². The van der Waals surface area contributed by atoms with Crippen molar-refractivity contribution in [2.24, 2.45) is 0 Å². The van der Waals surface area contributed by atoms with Gasteiger partial charge in [0, 0.05) is 5.02 Å². The fraction of sp³-hybridized carbons (Fsp3) is 0.176. The van der Waals surface area contributed by atoms with E-state index in [1.54, 1.807) is 36.4 Å². The number of halogens is 2. The summed E-state index contributed by atoms with van der Waals surface area (Å²) in [6, 6.07) is 12.7. The standard InChI is InChI=1S/C17H16ClFN2O3/c18-13-7-5-12(6-8-13)11-17(23)21-20-16(22)9-10-24-15-4-2-1-3-14(15)19/h1-8H,9-11H2,(H,20,22)(H,21,23). The molecule has 2 N–H and O–H groups in total. The SMILES string of the molecule is O=C(CCOc1ccccc1F)NNC(=O)Cc1ccc(Cl)cc1. The molecule has 0 unspecified atom stereocenters. The van der Waals surface area contributed by atoms with Crippen molar-refractivity contribution in [1.29, 1.82) is 0 Å². The first kappa shape index (κ1) is 17.7. The molecule has 24 heavy (non-hydrogen) atoms. The Labute approximate surface area is 143 Å². The summed E-state index contributed by atoms with van der Waals surface area (Å²) in [6.07, 6.45) is 0.0960. The minimum Gasteiger partial charge on any atom is -0.490 e. The molecule has 126 valence electrons. The Bertz CT molecular complexity index is 707. The Balaban J connectivity index is 1.66. The maximum Gasteiger partial charge on any atom is 0.242 e. The van der Waals surface area contributed by atoms with Crippen LogP contribution < -0.4 is 15.6 Å². The molecule has 0 heterocycles. The molecule has 0 radical (unpaired) electrons. The minimum atomic E-state index is -0.492. The van der Waals surface area contributed by atoms with Crippen LogP contribution >= 0.6 is 11.6 Å². The van der Waals surface area contributed by atoms with Gasteiger partial charge in [-0.2, -0.15) is 0 Å². The van der Waals surface area contributed by atoms with Gasteiger partial charge < -0.3 is 4.74 Å². The normalized spacial score (nSPS) is 10.1. The van der Waals surface area contributed by atoms with Crippen molar-refractivity contribution in [2.75, 3.05) is 6.61 Å². The summed E-state index contributed by atoms with van der Waals surface area (Å²) >= 11 is 5.76. The molecule has 7 heteroatoms. The average Bonchev–Trinajstić information content (AvgIpc) is 2.57. The number of ether oxygens (including phenoxy) is 1. The molecule has 0 fully saturated rings. The maximum atomic E-state index is 13.3. The number of carbonyl (C=O) groups is 2. The van der Waals surface area contributed by atoms with Crippen molar-refractivity contribution in [1.82, 2.24) is 10.9 Å². The molecule has 0 saturated heterocycles. The van der Waals surface area contributed by atoms with Crippen LogP contribution in [-0.2, 0) is 16.0 Å². The van der Waals surface area contributed by atoms with E-state index in [9.17, 15) is 14.0 Å². The molecule has 0 saturated carbocycles. The number of hydrazine groups is 1. The van der Waals surface area contributed by atoms with Gasteiger partial charge in [-0.15, -0.1) is 0 Å². The molecular weight excluding hydrogens is 335 g/mol. The summed E-state index contributed by atoms with van der Waals surface area (Å²) < 4.78 is 18.5. The fourth-order valence-electron chi connectivity index (χ4n) is 1.85. The van der Waals surface area contributed by atoms with Crippen LogP contribution in [0.15, 0.2) is 48.5 Å². The summed E-state index contributed by atoms with van der Waals surface area (Å²) in [5.74, 6) is -1.21. The molecule has 0 aliphatic carbocycles. The Hall–Kier alpha value is -2.60. The molecule has 0 aliphatic heterocycles. The van der Waals surface area contributed by atoms with Gasteiger partial charge in [0.25, 0.3) is 0 Å². The topological polar surface area (TPSA) is 67.4 Å². The second-order valence-electron chi connectivity index (χ2n) is 4.93. The van der Waals surface area contributed by atoms with Gasteiger partial charge in [0.15, 0.2) is 11.6 Å². The highest BCUT2D eigenvalue weighted by molar-refractivity contribution is 6.30. The smallest absolute Gasteiger partial charge is 0.242 e. The Kier molecular flexibility index (Phi) is 6.57. The number of nitrogens with one attached hydrogen (secondary N) is 2. The Morgan fingerprint density at radius 1 is 1.00 bits per heavy atom. The van der Waals surface area contributed by atoms with Crippen molar-refractivity contribution in [3.05, 3.63) is 64.9 Å². The van der Waals surface area contributed by atoms with E-state index in [0.717, 1.165) is 5.56 Å². The zero-order valence-electron chi connectivity index (χ0n) is 12.7. The van der Waals surface area contributed by atoms with Crippen LogP contribution in [0.2, 0.25) is 5.02 Å². The van der Waals surface area contributed by atoms with Crippen molar-refractivity contribution >= 4 is 23.4 Å². The van der Waals surface area contributed by atoms with Crippen LogP contribution in [0.5, 0.6) is 5.75 Å². The lowest BCUT2D eigenvalue weighted by molar-refractivity contribution is -0.128. The quantitative estimate of drug-likeness (QED) is 0.787. The highest BCUT2D eigenvalue weighted by Crippen LogP contribution is 2.15. The number of carbonyl (C=O) groups excluding carboxylic acids is 2. The first-order valence-electron chi connectivity index (χ1n) is 7.24. The zero-order chi connectivity index (χ0) is 17.4. The van der Waals surface area contributed by atoms with Crippen LogP contribution in [0.4, 0.5) is 4.39 Å². The van der Waals surface area contributed by atoms with Gasteiger partial charge in [-0.1, -0.05) is 35.9 Å². The van der Waals surface area contributed by atoms with Gasteiger partial charge in [0.2, 0.25) is 11.8 Å². The van der Waals surface area contributed by atoms with Crippen LogP contribution in [0.25, 0.3) is 0 Å². The molecule has 2 rings (SSSR count). The van der Waals surface area contributed by atoms with E-state index in [4.69, 9.17) is 16.3 Å². The summed E-state index contributed by atoms with van der Waals surface area (Å²) in [6.45, 7) is -0.000177. The van der Waals surface area contributed by atoms with Crippen molar-refractivity contribution < 1.29 is 18.7 Å². The van der Waals surface area contributed by atoms with E-state index in [-0.39, 0.29) is 31.1 Å². The first-order valence-corrected chi connectivity index (χ1v) is 7.62. The third kappa shape index (κ3) is 5.89. The van der Waals surface area contributed by atoms with Gasteiger partial charge in [0.05, 0.1) is 19.4 Å². The first-order chi connectivity index (χ1) is 11.5. The van der Waals surface area contributed by atoms with E-state index in [0.29, 0.717) is 5.02 Å². The number of hydrogen-bond acceptors (Lipinski definition) is 3. The number of hydrogen-bond donors (Lipinski definition) is 2. The number of amides is 2. The van der Waals surface area contributed by atoms with Crippen LogP contribution in [0.3, 0.4) is 0 Å². The fourth-order valence-corrected chi connectivity index (χ4v) is 1.98. The summed E-state index contributed by atoms with van der Waals surface area (Å²) in [7, 11) is 0. The Morgan fingerprint density at radius 3 is 2.38 bits per heavy atom. The molecule has 0 aromatic heterocycles. The van der Waals surface area contributed by atoms with E-state index >= 15 is 0 Å². The zero-order valence-corrected chi connectivity index (χ0v) is 13.5. The molecule has 0 aliphatic rings. The molecule has 0 spiro atoms. The number of rotatable bonds is 6. The van der Waals surface area contributed by atoms with Crippen molar-refractivity contribution in [2.45, 2.75) is 12.8 Å². The van der Waals surface area contributed by atoms with Crippen molar-refractivity contribution in [3.8, 4) is 5.75 Å². The molecule has 2 aromatic rings. The van der Waals surface area contributed by atoms with E-state index in [2.05, 4.69) is 10.9 Å². The predicted molar refractivity (Wildman–Crippen MR) is 88.0 cm³/mol. The van der Waals surface area contributed by atoms with E-state index < -0.39 is 11.7 Å². The van der Waals surface area contributed by atoms with Gasteiger partial charge in [0.1, 0.15) is 0 Å². The molecule has 5 nitrogen and oxygen atoms in total. The summed E-state index contributed by atoms with van der Waals surface area (Å²) in [5.41, 5.74) is 5.35. The molecule has 2 amide bonds. The Morgan fingerprint density at radius 2 is 1.67 bits per heavy atom. The second kappa shape index (κ2) is 8.88. The third-order valence-electron chi connectivity index (χ3n) is 3.04. The van der Waals surface area contributed by atoms with Crippen molar-refractivity contribution in [3.63, 3.8) is 0 Å². The van der Waals surface area contributed by atoms with Gasteiger partial charge in [-0.25, -0.2) is 4.39 Å². The van der Waals surface area contributed by atoms with Gasteiger partial charge in [-0.05, 0) is 29.8 Å². The maximum absolute atomic E-state index is 13.3.